The molecule has 1 amide bonds. The SMILES string of the molecule is CC(C)n1cc(C(CC(=O)O)NC=O)cn1. The summed E-state index contributed by atoms with van der Waals surface area (Å²) in [4.78, 5) is 21.0. The molecule has 0 aliphatic heterocycles. The molecule has 88 valence electrons. The predicted octanol–water partition coefficient (Wildman–Crippen LogP) is 0.726. The topological polar surface area (TPSA) is 84.2 Å². The molecular weight excluding hydrogens is 210 g/mol. The maximum atomic E-state index is 10.6. The molecule has 0 saturated carbocycles. The van der Waals surface area contributed by atoms with Gasteiger partial charge in [-0.05, 0) is 13.8 Å². The van der Waals surface area contributed by atoms with E-state index >= 15 is 0 Å². The van der Waals surface area contributed by atoms with Crippen LogP contribution < -0.4 is 5.32 Å². The molecule has 0 aliphatic carbocycles. The molecule has 2 N–H and O–H groups in total. The molecule has 6 heteroatoms. The van der Waals surface area contributed by atoms with E-state index in [9.17, 15) is 9.59 Å². The molecule has 0 spiro atoms. The first-order valence-corrected chi connectivity index (χ1v) is 5.00. The summed E-state index contributed by atoms with van der Waals surface area (Å²) in [6.45, 7) is 3.94. The van der Waals surface area contributed by atoms with Crippen molar-refractivity contribution < 1.29 is 14.7 Å². The summed E-state index contributed by atoms with van der Waals surface area (Å²) in [5.41, 5.74) is 0.697. The lowest BCUT2D eigenvalue weighted by atomic mass is 10.1. The van der Waals surface area contributed by atoms with Crippen molar-refractivity contribution in [1.29, 1.82) is 0 Å². The van der Waals surface area contributed by atoms with E-state index in [2.05, 4.69) is 10.4 Å². The molecule has 1 aromatic heterocycles. The van der Waals surface area contributed by atoms with Gasteiger partial charge in [0, 0.05) is 17.8 Å². The summed E-state index contributed by atoms with van der Waals surface area (Å²) in [7, 11) is 0. The van der Waals surface area contributed by atoms with Crippen LogP contribution in [0.15, 0.2) is 12.4 Å². The number of aliphatic carboxylic acids is 1. The van der Waals surface area contributed by atoms with E-state index in [-0.39, 0.29) is 12.5 Å². The second-order valence-electron chi connectivity index (χ2n) is 3.78. The first-order valence-electron chi connectivity index (χ1n) is 5.00. The van der Waals surface area contributed by atoms with Crippen LogP contribution in [0.4, 0.5) is 0 Å². The Bertz CT molecular complexity index is 373. The van der Waals surface area contributed by atoms with Crippen LogP contribution in [-0.4, -0.2) is 27.3 Å². The molecule has 1 rings (SSSR count). The third-order valence-electron chi connectivity index (χ3n) is 2.20. The number of carboxylic acid groups (broad SMARTS) is 1. The van der Waals surface area contributed by atoms with Crippen LogP contribution >= 0.6 is 0 Å². The first kappa shape index (κ1) is 12.2. The molecule has 0 saturated heterocycles. The van der Waals surface area contributed by atoms with E-state index in [0.29, 0.717) is 12.0 Å². The third-order valence-corrected chi connectivity index (χ3v) is 2.20. The smallest absolute Gasteiger partial charge is 0.305 e. The molecule has 16 heavy (non-hydrogen) atoms. The second-order valence-corrected chi connectivity index (χ2v) is 3.78. The number of hydrogen-bond donors (Lipinski definition) is 2. The van der Waals surface area contributed by atoms with Gasteiger partial charge in [-0.15, -0.1) is 0 Å². The minimum Gasteiger partial charge on any atom is -0.481 e. The van der Waals surface area contributed by atoms with Gasteiger partial charge in [-0.3, -0.25) is 14.3 Å². The minimum absolute atomic E-state index is 0.150. The highest BCUT2D eigenvalue weighted by molar-refractivity contribution is 5.68. The molecule has 1 aromatic rings. The van der Waals surface area contributed by atoms with Crippen molar-refractivity contribution in [1.82, 2.24) is 15.1 Å². The maximum absolute atomic E-state index is 10.6. The van der Waals surface area contributed by atoms with E-state index in [4.69, 9.17) is 5.11 Å². The zero-order valence-electron chi connectivity index (χ0n) is 9.25. The molecule has 6 nitrogen and oxygen atoms in total. The standard InChI is InChI=1S/C10H15N3O3/c1-7(2)13-5-8(4-12-13)9(11-6-14)3-10(15)16/h4-7,9H,3H2,1-2H3,(H,11,14)(H,15,16). The van der Waals surface area contributed by atoms with E-state index in [1.54, 1.807) is 17.1 Å². The fraction of sp³-hybridized carbons (Fsp3) is 0.500. The van der Waals surface area contributed by atoms with Gasteiger partial charge in [0.15, 0.2) is 0 Å². The van der Waals surface area contributed by atoms with Crippen LogP contribution in [-0.2, 0) is 9.59 Å². The van der Waals surface area contributed by atoms with Gasteiger partial charge in [-0.25, -0.2) is 0 Å². The lowest BCUT2D eigenvalue weighted by Crippen LogP contribution is -2.22. The Kier molecular flexibility index (Phi) is 4.04. The van der Waals surface area contributed by atoms with Gasteiger partial charge < -0.3 is 10.4 Å². The van der Waals surface area contributed by atoms with Crippen LogP contribution in [0.5, 0.6) is 0 Å². The number of hydrogen-bond acceptors (Lipinski definition) is 3. The fourth-order valence-electron chi connectivity index (χ4n) is 1.34. The number of amides is 1. The van der Waals surface area contributed by atoms with Crippen LogP contribution in [0.25, 0.3) is 0 Å². The Morgan fingerprint density at radius 2 is 2.38 bits per heavy atom. The Morgan fingerprint density at radius 1 is 1.69 bits per heavy atom. The molecular formula is C10H15N3O3. The number of carboxylic acids is 1. The number of nitrogens with zero attached hydrogens (tertiary/aromatic N) is 2. The van der Waals surface area contributed by atoms with Gasteiger partial charge in [0.1, 0.15) is 0 Å². The van der Waals surface area contributed by atoms with Crippen molar-refractivity contribution in [2.24, 2.45) is 0 Å². The Balaban J connectivity index is 2.83. The summed E-state index contributed by atoms with van der Waals surface area (Å²) < 4.78 is 1.72. The van der Waals surface area contributed by atoms with E-state index in [1.165, 1.54) is 0 Å². The highest BCUT2D eigenvalue weighted by Gasteiger charge is 2.16. The minimum atomic E-state index is -0.961. The van der Waals surface area contributed by atoms with Gasteiger partial charge in [0.25, 0.3) is 0 Å². The second kappa shape index (κ2) is 5.29. The average molecular weight is 225 g/mol. The molecule has 0 aliphatic rings. The molecule has 1 atom stereocenters. The highest BCUT2D eigenvalue weighted by atomic mass is 16.4. The summed E-state index contributed by atoms with van der Waals surface area (Å²) >= 11 is 0. The lowest BCUT2D eigenvalue weighted by Gasteiger charge is -2.11. The van der Waals surface area contributed by atoms with Gasteiger partial charge in [-0.2, -0.15) is 5.10 Å². The molecule has 1 unspecified atom stereocenters. The molecule has 0 bridgehead atoms. The number of nitrogens with one attached hydrogen (secondary N) is 1. The number of carbonyl (C=O) groups excluding carboxylic acids is 1. The normalized spacial score (nSPS) is 12.4. The number of carbonyl (C=O) groups is 2. The molecule has 0 aromatic carbocycles. The van der Waals surface area contributed by atoms with Crippen molar-refractivity contribution in [2.45, 2.75) is 32.4 Å². The average Bonchev–Trinajstić information content (AvgIpc) is 2.65. The van der Waals surface area contributed by atoms with E-state index < -0.39 is 12.0 Å². The molecule has 0 fully saturated rings. The fourth-order valence-corrected chi connectivity index (χ4v) is 1.34. The van der Waals surface area contributed by atoms with Crippen molar-refractivity contribution in [3.63, 3.8) is 0 Å². The zero-order chi connectivity index (χ0) is 12.1. The Labute approximate surface area is 93.3 Å². The van der Waals surface area contributed by atoms with E-state index in [0.717, 1.165) is 0 Å². The monoisotopic (exact) mass is 225 g/mol. The molecule has 1 heterocycles. The summed E-state index contributed by atoms with van der Waals surface area (Å²) in [6, 6.07) is -0.321. The summed E-state index contributed by atoms with van der Waals surface area (Å²) in [6.07, 6.45) is 3.67. The Morgan fingerprint density at radius 3 is 2.81 bits per heavy atom. The van der Waals surface area contributed by atoms with E-state index in [1.807, 2.05) is 13.8 Å². The number of rotatable bonds is 6. The van der Waals surface area contributed by atoms with Crippen LogP contribution in [0.2, 0.25) is 0 Å². The van der Waals surface area contributed by atoms with Crippen LogP contribution in [0.3, 0.4) is 0 Å². The highest BCUT2D eigenvalue weighted by Crippen LogP contribution is 2.17. The van der Waals surface area contributed by atoms with Gasteiger partial charge in [0.2, 0.25) is 6.41 Å². The summed E-state index contributed by atoms with van der Waals surface area (Å²) in [5.74, 6) is -0.961. The van der Waals surface area contributed by atoms with Crippen molar-refractivity contribution in [3.05, 3.63) is 18.0 Å². The van der Waals surface area contributed by atoms with Gasteiger partial charge >= 0.3 is 5.97 Å². The molecule has 0 radical (unpaired) electrons. The van der Waals surface area contributed by atoms with Crippen molar-refractivity contribution in [2.75, 3.05) is 0 Å². The first-order chi connectivity index (χ1) is 7.54. The zero-order valence-corrected chi connectivity index (χ0v) is 9.25. The van der Waals surface area contributed by atoms with Crippen molar-refractivity contribution in [3.8, 4) is 0 Å². The number of aromatic nitrogens is 2. The lowest BCUT2D eigenvalue weighted by molar-refractivity contribution is -0.137. The third kappa shape index (κ3) is 3.08. The Hall–Kier alpha value is -1.85. The van der Waals surface area contributed by atoms with Crippen LogP contribution in [0.1, 0.15) is 37.9 Å². The predicted molar refractivity (Wildman–Crippen MR) is 56.8 cm³/mol. The quantitative estimate of drug-likeness (QED) is 0.699. The van der Waals surface area contributed by atoms with Crippen LogP contribution in [0, 0.1) is 0 Å². The van der Waals surface area contributed by atoms with Gasteiger partial charge in [-0.1, -0.05) is 0 Å². The largest absolute Gasteiger partial charge is 0.481 e. The van der Waals surface area contributed by atoms with Crippen molar-refractivity contribution >= 4 is 12.4 Å². The van der Waals surface area contributed by atoms with Gasteiger partial charge in [0.05, 0.1) is 18.7 Å². The maximum Gasteiger partial charge on any atom is 0.305 e. The summed E-state index contributed by atoms with van der Waals surface area (Å²) in [5, 5.41) is 15.3.